The summed E-state index contributed by atoms with van der Waals surface area (Å²) in [6, 6.07) is 11.5. The van der Waals surface area contributed by atoms with Crippen molar-refractivity contribution in [3.8, 4) is 0 Å². The molecule has 0 unspecified atom stereocenters. The van der Waals surface area contributed by atoms with Crippen LogP contribution in [0.4, 0.5) is 16.2 Å². The summed E-state index contributed by atoms with van der Waals surface area (Å²) in [6.45, 7) is 5.90. The Hall–Kier alpha value is -3.55. The molecule has 0 spiro atoms. The van der Waals surface area contributed by atoms with Crippen molar-refractivity contribution in [3.63, 3.8) is 0 Å². The van der Waals surface area contributed by atoms with Crippen molar-refractivity contribution < 1.29 is 18.7 Å². The number of amides is 2. The molecule has 0 aliphatic carbocycles. The Bertz CT molecular complexity index is 1080. The van der Waals surface area contributed by atoms with Crippen molar-refractivity contribution >= 4 is 34.5 Å². The Morgan fingerprint density at radius 1 is 1.07 bits per heavy atom. The minimum atomic E-state index is -0.437. The number of nitrogens with one attached hydrogen (secondary N) is 2. The van der Waals surface area contributed by atoms with Gasteiger partial charge in [0, 0.05) is 23.5 Å². The van der Waals surface area contributed by atoms with Crippen LogP contribution in [0.1, 0.15) is 32.4 Å². The number of carbonyl (C=O) groups excluding carboxylic acids is 2. The van der Waals surface area contributed by atoms with Gasteiger partial charge in [0.05, 0.1) is 18.5 Å². The van der Waals surface area contributed by atoms with Gasteiger partial charge >= 0.3 is 17.8 Å². The number of hydrogen-bond donors (Lipinski definition) is 2. The van der Waals surface area contributed by atoms with Crippen molar-refractivity contribution in [1.29, 1.82) is 0 Å². The highest BCUT2D eigenvalue weighted by Crippen LogP contribution is 2.21. The normalized spacial score (nSPS) is 10.9. The lowest BCUT2D eigenvalue weighted by atomic mass is 10.1. The first kappa shape index (κ1) is 20.2. The zero-order valence-electron chi connectivity index (χ0n) is 16.5. The Balaban J connectivity index is 1.64. The van der Waals surface area contributed by atoms with E-state index in [0.29, 0.717) is 29.1 Å². The second-order valence-electron chi connectivity index (χ2n) is 6.77. The molecule has 0 bridgehead atoms. The molecule has 3 rings (SSSR count). The van der Waals surface area contributed by atoms with Crippen LogP contribution >= 0.6 is 0 Å². The predicted octanol–water partition coefficient (Wildman–Crippen LogP) is 3.93. The molecule has 0 aliphatic heterocycles. The molecule has 29 heavy (non-hydrogen) atoms. The minimum Gasteiger partial charge on any atom is -0.466 e. The lowest BCUT2D eigenvalue weighted by molar-refractivity contribution is -0.142. The third-order valence-corrected chi connectivity index (χ3v) is 4.25. The molecule has 2 N–H and O–H groups in total. The average molecular weight is 397 g/mol. The summed E-state index contributed by atoms with van der Waals surface area (Å²) >= 11 is 0. The Morgan fingerprint density at radius 2 is 1.72 bits per heavy atom. The highest BCUT2D eigenvalue weighted by molar-refractivity contribution is 6.00. The van der Waals surface area contributed by atoms with Gasteiger partial charge in [-0.25, -0.2) is 9.59 Å². The first-order valence-corrected chi connectivity index (χ1v) is 9.35. The SMILES string of the molecule is CCOC(=O)Cc1ccc(NC(=O)Nc2ccc3c(c2)oc(=O)n3C(C)C)cc1. The van der Waals surface area contributed by atoms with E-state index in [-0.39, 0.29) is 18.4 Å². The first-order chi connectivity index (χ1) is 13.9. The molecule has 2 amide bonds. The van der Waals surface area contributed by atoms with Crippen molar-refractivity contribution in [3.05, 3.63) is 58.6 Å². The monoisotopic (exact) mass is 397 g/mol. The summed E-state index contributed by atoms with van der Waals surface area (Å²) in [6.07, 6.45) is 0.182. The zero-order valence-corrected chi connectivity index (χ0v) is 16.5. The van der Waals surface area contributed by atoms with Crippen LogP contribution in [0.3, 0.4) is 0 Å². The van der Waals surface area contributed by atoms with Gasteiger partial charge in [-0.1, -0.05) is 12.1 Å². The van der Waals surface area contributed by atoms with E-state index in [4.69, 9.17) is 9.15 Å². The quantitative estimate of drug-likeness (QED) is 0.614. The molecular formula is C21H23N3O5. The molecule has 8 heteroatoms. The van der Waals surface area contributed by atoms with Gasteiger partial charge in [0.25, 0.3) is 0 Å². The number of carbonyl (C=O) groups is 2. The van der Waals surface area contributed by atoms with Gasteiger partial charge in [0.15, 0.2) is 5.58 Å². The third kappa shape index (κ3) is 4.84. The van der Waals surface area contributed by atoms with Crippen molar-refractivity contribution in [2.24, 2.45) is 0 Å². The number of ether oxygens (including phenoxy) is 1. The second-order valence-corrected chi connectivity index (χ2v) is 6.77. The van der Waals surface area contributed by atoms with Crippen LogP contribution in [0.2, 0.25) is 0 Å². The fraction of sp³-hybridized carbons (Fsp3) is 0.286. The van der Waals surface area contributed by atoms with Crippen LogP contribution in [0, 0.1) is 0 Å². The fourth-order valence-electron chi connectivity index (χ4n) is 2.98. The molecule has 3 aromatic rings. The van der Waals surface area contributed by atoms with E-state index >= 15 is 0 Å². The van der Waals surface area contributed by atoms with Crippen molar-refractivity contribution in [2.75, 3.05) is 17.2 Å². The molecule has 0 saturated heterocycles. The number of esters is 1. The first-order valence-electron chi connectivity index (χ1n) is 9.35. The summed E-state index contributed by atoms with van der Waals surface area (Å²) < 4.78 is 11.7. The third-order valence-electron chi connectivity index (χ3n) is 4.25. The topological polar surface area (TPSA) is 103 Å². The molecule has 0 atom stereocenters. The van der Waals surface area contributed by atoms with Gasteiger partial charge in [-0.2, -0.15) is 0 Å². The molecule has 0 radical (unpaired) electrons. The van der Waals surface area contributed by atoms with Crippen LogP contribution in [-0.2, 0) is 16.0 Å². The van der Waals surface area contributed by atoms with Crippen LogP contribution < -0.4 is 16.4 Å². The fourth-order valence-corrected chi connectivity index (χ4v) is 2.98. The largest absolute Gasteiger partial charge is 0.466 e. The molecule has 8 nitrogen and oxygen atoms in total. The molecule has 1 heterocycles. The number of benzene rings is 2. The second kappa shape index (κ2) is 8.64. The highest BCUT2D eigenvalue weighted by Gasteiger charge is 2.13. The minimum absolute atomic E-state index is 0.0299. The number of aromatic nitrogens is 1. The lowest BCUT2D eigenvalue weighted by Gasteiger charge is -2.09. The number of anilines is 2. The summed E-state index contributed by atoms with van der Waals surface area (Å²) in [5.74, 6) is -0.723. The molecule has 0 saturated carbocycles. The summed E-state index contributed by atoms with van der Waals surface area (Å²) in [5.41, 5.74) is 2.95. The van der Waals surface area contributed by atoms with Crippen LogP contribution in [-0.4, -0.2) is 23.2 Å². The summed E-state index contributed by atoms with van der Waals surface area (Å²) in [4.78, 5) is 35.7. The molecule has 0 aliphatic rings. The summed E-state index contributed by atoms with van der Waals surface area (Å²) in [7, 11) is 0. The number of hydrogen-bond acceptors (Lipinski definition) is 5. The van der Waals surface area contributed by atoms with E-state index in [1.165, 1.54) is 0 Å². The van der Waals surface area contributed by atoms with Gasteiger partial charge in [-0.3, -0.25) is 9.36 Å². The van der Waals surface area contributed by atoms with Crippen LogP contribution in [0.5, 0.6) is 0 Å². The Kier molecular flexibility index (Phi) is 6.01. The van der Waals surface area contributed by atoms with Crippen LogP contribution in [0.25, 0.3) is 11.1 Å². The van der Waals surface area contributed by atoms with Crippen molar-refractivity contribution in [1.82, 2.24) is 4.57 Å². The number of rotatable bonds is 6. The van der Waals surface area contributed by atoms with Gasteiger partial charge < -0.3 is 19.8 Å². The number of oxazole rings is 1. The van der Waals surface area contributed by atoms with E-state index in [9.17, 15) is 14.4 Å². The standard InChI is InChI=1S/C21H23N3O5/c1-4-28-19(25)11-14-5-7-15(8-6-14)22-20(26)23-16-9-10-17-18(12-16)29-21(27)24(17)13(2)3/h5-10,12-13H,4,11H2,1-3H3,(H2,22,23,26). The van der Waals surface area contributed by atoms with Crippen molar-refractivity contribution in [2.45, 2.75) is 33.2 Å². The van der Waals surface area contributed by atoms with E-state index in [1.807, 2.05) is 13.8 Å². The maximum absolute atomic E-state index is 12.3. The Labute approximate surface area is 167 Å². The smallest absolute Gasteiger partial charge is 0.420 e. The van der Waals surface area contributed by atoms with E-state index in [2.05, 4.69) is 10.6 Å². The van der Waals surface area contributed by atoms with Crippen LogP contribution in [0.15, 0.2) is 51.7 Å². The van der Waals surface area contributed by atoms with Gasteiger partial charge in [0.1, 0.15) is 0 Å². The molecule has 0 fully saturated rings. The summed E-state index contributed by atoms with van der Waals surface area (Å²) in [5, 5.41) is 5.42. The number of urea groups is 1. The van der Waals surface area contributed by atoms with E-state index < -0.39 is 11.8 Å². The van der Waals surface area contributed by atoms with Gasteiger partial charge in [-0.05, 0) is 50.6 Å². The molecular weight excluding hydrogens is 374 g/mol. The average Bonchev–Trinajstić information content (AvgIpc) is 2.98. The number of nitrogens with zero attached hydrogens (tertiary/aromatic N) is 1. The molecule has 2 aromatic carbocycles. The predicted molar refractivity (Wildman–Crippen MR) is 110 cm³/mol. The van der Waals surface area contributed by atoms with Gasteiger partial charge in [0.2, 0.25) is 0 Å². The maximum atomic E-state index is 12.3. The van der Waals surface area contributed by atoms with Gasteiger partial charge in [-0.15, -0.1) is 0 Å². The Morgan fingerprint density at radius 3 is 2.38 bits per heavy atom. The number of fused-ring (bicyclic) bond motifs is 1. The zero-order chi connectivity index (χ0) is 21.0. The maximum Gasteiger partial charge on any atom is 0.420 e. The van der Waals surface area contributed by atoms with E-state index in [0.717, 1.165) is 5.56 Å². The molecule has 152 valence electrons. The van der Waals surface area contributed by atoms with E-state index in [1.54, 1.807) is 54.0 Å². The molecule has 1 aromatic heterocycles. The highest BCUT2D eigenvalue weighted by atomic mass is 16.5. The lowest BCUT2D eigenvalue weighted by Crippen LogP contribution is -2.19.